The Morgan fingerprint density at radius 3 is 2.00 bits per heavy atom. The van der Waals surface area contributed by atoms with Gasteiger partial charge in [-0.25, -0.2) is 0 Å². The van der Waals surface area contributed by atoms with Gasteiger partial charge < -0.3 is 6.53 Å². The number of aliphatic hydroxyl groups excluding tert-OH is 1. The fourth-order valence-corrected chi connectivity index (χ4v) is 1.01. The van der Waals surface area contributed by atoms with E-state index in [0.29, 0.717) is 0 Å². The molecule has 0 radical (unpaired) electrons. The Morgan fingerprint density at radius 1 is 1.55 bits per heavy atom. The number of aliphatic hydroxyl groups is 1. The molecule has 0 aliphatic heterocycles. The van der Waals surface area contributed by atoms with E-state index >= 15 is 0 Å². The van der Waals surface area contributed by atoms with Gasteiger partial charge in [-0.1, -0.05) is 0 Å². The molecule has 0 aromatic heterocycles. The van der Waals surface area contributed by atoms with Crippen LogP contribution in [-0.4, -0.2) is 49.1 Å². The minimum atomic E-state index is -4.06. The monoisotopic (exact) mass is 193 g/mol. The van der Waals surface area contributed by atoms with E-state index < -0.39 is 22.1 Å². The molecule has 11 heavy (non-hydrogen) atoms. The first-order valence-corrected chi connectivity index (χ1v) is 4.23. The molecule has 1 atom stereocenters. The minimum absolute atomic E-state index is 0. The van der Waals surface area contributed by atoms with Crippen molar-refractivity contribution in [2.45, 2.75) is 6.23 Å². The van der Waals surface area contributed by atoms with Crippen molar-refractivity contribution in [1.82, 2.24) is 4.90 Å². The zero-order valence-electron chi connectivity index (χ0n) is 7.85. The van der Waals surface area contributed by atoms with E-state index in [1.54, 1.807) is 0 Å². The maximum absolute atomic E-state index is 10.1. The van der Waals surface area contributed by atoms with Crippen LogP contribution < -0.4 is 29.6 Å². The fraction of sp³-hybridized carbons (Fsp3) is 1.00. The first-order valence-electron chi connectivity index (χ1n) is 2.62. The Labute approximate surface area is 89.9 Å². The van der Waals surface area contributed by atoms with Crippen LogP contribution in [0.3, 0.4) is 0 Å². The van der Waals surface area contributed by atoms with Crippen molar-refractivity contribution in [3.8, 4) is 0 Å². The molecule has 0 bridgehead atoms. The van der Waals surface area contributed by atoms with E-state index in [9.17, 15) is 8.42 Å². The van der Waals surface area contributed by atoms with Gasteiger partial charge >= 0.3 is 29.6 Å². The second kappa shape index (κ2) is 5.47. The number of rotatable bonds is 3. The average Bonchev–Trinajstić information content (AvgIpc) is 1.60. The van der Waals surface area contributed by atoms with Crippen LogP contribution in [0, 0.1) is 0 Å². The van der Waals surface area contributed by atoms with Gasteiger partial charge in [0.25, 0.3) is 10.1 Å². The topological polar surface area (TPSA) is 77.8 Å². The second-order valence-electron chi connectivity index (χ2n) is 2.19. The summed E-state index contributed by atoms with van der Waals surface area (Å²) >= 11 is 0. The van der Waals surface area contributed by atoms with Gasteiger partial charge in [-0.15, -0.1) is 0 Å². The van der Waals surface area contributed by atoms with Crippen LogP contribution in [0.25, 0.3) is 0 Å². The van der Waals surface area contributed by atoms with Gasteiger partial charge in [0.05, 0.1) is 0 Å². The molecule has 0 saturated heterocycles. The molecular weight excluding hydrogens is 181 g/mol. The van der Waals surface area contributed by atoms with Crippen molar-refractivity contribution in [3.05, 3.63) is 0 Å². The van der Waals surface area contributed by atoms with Gasteiger partial charge in [0.2, 0.25) is 0 Å². The first kappa shape index (κ1) is 14.4. The molecule has 0 saturated carbocycles. The van der Waals surface area contributed by atoms with Gasteiger partial charge in [0.1, 0.15) is 12.0 Å². The molecule has 0 amide bonds. The molecule has 64 valence electrons. The fourth-order valence-electron chi connectivity index (χ4n) is 0.337. The predicted octanol–water partition coefficient (Wildman–Crippen LogP) is -4.13. The number of nitrogens with zero attached hydrogens (tertiary/aromatic N) is 1. The molecule has 0 aliphatic carbocycles. The summed E-state index contributed by atoms with van der Waals surface area (Å²) in [6.45, 7) is 0. The van der Waals surface area contributed by atoms with Crippen LogP contribution in [0.4, 0.5) is 0 Å². The standard InChI is InChI=1S/C4H11NO4S.Na.H/c1-5(2)4(6)3-10(7,8)9;;/h4,6H,3H2,1-2H3,(H,7,8,9);;/q;+1;-1. The van der Waals surface area contributed by atoms with Crippen LogP contribution in [0.15, 0.2) is 0 Å². The van der Waals surface area contributed by atoms with Gasteiger partial charge in [-0.2, -0.15) is 8.42 Å². The second-order valence-corrected chi connectivity index (χ2v) is 3.69. The molecular formula is C4H12NNaO4S. The molecule has 0 aromatic carbocycles. The molecule has 5 nitrogen and oxygen atoms in total. The Bertz CT molecular complexity index is 195. The average molecular weight is 193 g/mol. The normalized spacial score (nSPS) is 14.3. The van der Waals surface area contributed by atoms with Crippen molar-refractivity contribution in [2.24, 2.45) is 0 Å². The third-order valence-electron chi connectivity index (χ3n) is 0.956. The molecule has 0 aromatic rings. The van der Waals surface area contributed by atoms with Crippen molar-refractivity contribution in [2.75, 3.05) is 19.8 Å². The van der Waals surface area contributed by atoms with E-state index in [-0.39, 0.29) is 31.0 Å². The van der Waals surface area contributed by atoms with Crippen LogP contribution in [0.1, 0.15) is 1.43 Å². The molecule has 7 heteroatoms. The summed E-state index contributed by atoms with van der Waals surface area (Å²) in [7, 11) is -1.04. The summed E-state index contributed by atoms with van der Waals surface area (Å²) < 4.78 is 28.5. The van der Waals surface area contributed by atoms with Crippen LogP contribution in [0.2, 0.25) is 0 Å². The van der Waals surface area contributed by atoms with E-state index in [2.05, 4.69) is 0 Å². The largest absolute Gasteiger partial charge is 1.00 e. The Balaban J connectivity index is -0.000000405. The quantitative estimate of drug-likeness (QED) is 0.270. The molecule has 1 unspecified atom stereocenters. The zero-order valence-corrected chi connectivity index (χ0v) is 9.67. The molecule has 0 aliphatic rings. The number of hydrogen-bond donors (Lipinski definition) is 2. The summed E-state index contributed by atoms with van der Waals surface area (Å²) in [6, 6.07) is 0. The molecule has 2 N–H and O–H groups in total. The third kappa shape index (κ3) is 8.74. The van der Waals surface area contributed by atoms with Crippen LogP contribution >= 0.6 is 0 Å². The van der Waals surface area contributed by atoms with Gasteiger partial charge in [0.15, 0.2) is 0 Å². The van der Waals surface area contributed by atoms with Crippen molar-refractivity contribution < 1.29 is 49.1 Å². The summed E-state index contributed by atoms with van der Waals surface area (Å²) in [4.78, 5) is 1.29. The van der Waals surface area contributed by atoms with Crippen LogP contribution in [-0.2, 0) is 10.1 Å². The molecule has 0 heterocycles. The Kier molecular flexibility index (Phi) is 7.14. The van der Waals surface area contributed by atoms with Crippen molar-refractivity contribution in [3.63, 3.8) is 0 Å². The summed E-state index contributed by atoms with van der Waals surface area (Å²) in [5.41, 5.74) is 0. The SMILES string of the molecule is CN(C)C(O)CS(=O)(=O)O.[H-].[Na+]. The Hall–Kier alpha value is 0.830. The van der Waals surface area contributed by atoms with Crippen molar-refractivity contribution >= 4 is 10.1 Å². The van der Waals surface area contributed by atoms with E-state index in [1.807, 2.05) is 0 Å². The maximum Gasteiger partial charge on any atom is 1.00 e. The van der Waals surface area contributed by atoms with Gasteiger partial charge in [-0.3, -0.25) is 9.45 Å². The number of hydrogen-bond acceptors (Lipinski definition) is 4. The van der Waals surface area contributed by atoms with Crippen LogP contribution in [0.5, 0.6) is 0 Å². The third-order valence-corrected chi connectivity index (χ3v) is 1.68. The molecule has 0 rings (SSSR count). The van der Waals surface area contributed by atoms with E-state index in [4.69, 9.17) is 9.66 Å². The summed E-state index contributed by atoms with van der Waals surface area (Å²) in [5, 5.41) is 8.85. The zero-order chi connectivity index (χ0) is 8.36. The first-order chi connectivity index (χ1) is 4.33. The summed E-state index contributed by atoms with van der Waals surface area (Å²) in [5.74, 6) is -0.653. The predicted molar refractivity (Wildman–Crippen MR) is 37.2 cm³/mol. The van der Waals surface area contributed by atoms with Crippen molar-refractivity contribution in [1.29, 1.82) is 0 Å². The molecule has 0 spiro atoms. The summed E-state index contributed by atoms with van der Waals surface area (Å²) in [6.07, 6.45) is -1.14. The minimum Gasteiger partial charge on any atom is -1.00 e. The Morgan fingerprint density at radius 2 is 1.91 bits per heavy atom. The van der Waals surface area contributed by atoms with E-state index in [1.165, 1.54) is 19.0 Å². The van der Waals surface area contributed by atoms with Gasteiger partial charge in [0, 0.05) is 0 Å². The maximum atomic E-state index is 10.1. The molecule has 0 fully saturated rings. The van der Waals surface area contributed by atoms with E-state index in [0.717, 1.165) is 0 Å². The smallest absolute Gasteiger partial charge is 1.00 e. The van der Waals surface area contributed by atoms with Gasteiger partial charge in [-0.05, 0) is 14.1 Å².